The molecule has 0 spiro atoms. The van der Waals surface area contributed by atoms with E-state index >= 15 is 0 Å². The Balaban J connectivity index is 2.42. The maximum Gasteiger partial charge on any atom is 0.264 e. The van der Waals surface area contributed by atoms with Gasteiger partial charge >= 0.3 is 0 Å². The van der Waals surface area contributed by atoms with Crippen molar-refractivity contribution in [2.75, 3.05) is 11.4 Å². The Morgan fingerprint density at radius 2 is 1.81 bits per heavy atom. The second kappa shape index (κ2) is 5.84. The summed E-state index contributed by atoms with van der Waals surface area (Å²) in [6.07, 6.45) is 0. The van der Waals surface area contributed by atoms with Crippen LogP contribution in [-0.4, -0.2) is 15.5 Å². The van der Waals surface area contributed by atoms with Crippen molar-refractivity contribution in [1.82, 2.24) is 0 Å². The molecule has 0 atom stereocenters. The number of halogens is 2. The largest absolute Gasteiger partial charge is 0.269 e. The molecule has 7 heteroatoms. The number of rotatable bonds is 3. The summed E-state index contributed by atoms with van der Waals surface area (Å²) < 4.78 is 39.6. The quantitative estimate of drug-likeness (QED) is 0.834. The van der Waals surface area contributed by atoms with Gasteiger partial charge < -0.3 is 0 Å². The van der Waals surface area contributed by atoms with Crippen LogP contribution in [0.25, 0.3) is 0 Å². The number of benzene rings is 2. The molecule has 4 nitrogen and oxygen atoms in total. The Hall–Kier alpha value is -1.91. The lowest BCUT2D eigenvalue weighted by molar-refractivity contribution is 0.588. The number of hydrogen-bond acceptors (Lipinski definition) is 3. The molecule has 0 aromatic heterocycles. The van der Waals surface area contributed by atoms with Gasteiger partial charge in [-0.15, -0.1) is 0 Å². The van der Waals surface area contributed by atoms with Crippen LogP contribution in [-0.2, 0) is 10.0 Å². The fourth-order valence-corrected chi connectivity index (χ4v) is 3.13. The SMILES string of the molecule is CN(c1ccc(C#N)cc1)S(=O)(=O)c1ccc(Br)c(F)c1. The van der Waals surface area contributed by atoms with Crippen LogP contribution in [0.4, 0.5) is 10.1 Å². The van der Waals surface area contributed by atoms with Crippen LogP contribution in [0.2, 0.25) is 0 Å². The molecule has 0 heterocycles. The van der Waals surface area contributed by atoms with Gasteiger partial charge in [0.05, 0.1) is 26.7 Å². The van der Waals surface area contributed by atoms with Crippen molar-refractivity contribution in [2.45, 2.75) is 4.90 Å². The third-order valence-corrected chi connectivity index (χ3v) is 5.33. The lowest BCUT2D eigenvalue weighted by Crippen LogP contribution is -2.26. The molecule has 108 valence electrons. The fraction of sp³-hybridized carbons (Fsp3) is 0.0714. The highest BCUT2D eigenvalue weighted by Crippen LogP contribution is 2.25. The van der Waals surface area contributed by atoms with E-state index < -0.39 is 15.8 Å². The van der Waals surface area contributed by atoms with Crippen molar-refractivity contribution in [1.29, 1.82) is 5.26 Å². The molecule has 2 rings (SSSR count). The molecule has 2 aromatic rings. The summed E-state index contributed by atoms with van der Waals surface area (Å²) in [6.45, 7) is 0. The van der Waals surface area contributed by atoms with Gasteiger partial charge in [-0.1, -0.05) is 0 Å². The second-order valence-corrected chi connectivity index (χ2v) is 7.03. The molecule has 0 saturated heterocycles. The van der Waals surface area contributed by atoms with E-state index in [9.17, 15) is 12.8 Å². The van der Waals surface area contributed by atoms with Crippen LogP contribution in [0.15, 0.2) is 51.8 Å². The standard InChI is InChI=1S/C14H10BrFN2O2S/c1-18(11-4-2-10(9-17)3-5-11)21(19,20)12-6-7-13(15)14(16)8-12/h2-8H,1H3. The number of nitrogens with zero attached hydrogens (tertiary/aromatic N) is 2. The molecule has 0 saturated carbocycles. The summed E-state index contributed by atoms with van der Waals surface area (Å²) >= 11 is 2.98. The van der Waals surface area contributed by atoms with Crippen LogP contribution in [0.1, 0.15) is 5.56 Å². The van der Waals surface area contributed by atoms with Gasteiger partial charge in [-0.25, -0.2) is 12.8 Å². The molecule has 0 aliphatic carbocycles. The maximum atomic E-state index is 13.5. The molecular formula is C14H10BrFN2O2S. The van der Waals surface area contributed by atoms with Crippen molar-refractivity contribution in [3.63, 3.8) is 0 Å². The van der Waals surface area contributed by atoms with Crippen LogP contribution >= 0.6 is 15.9 Å². The Morgan fingerprint density at radius 1 is 1.19 bits per heavy atom. The maximum absolute atomic E-state index is 13.5. The highest BCUT2D eigenvalue weighted by Gasteiger charge is 2.22. The zero-order valence-electron chi connectivity index (χ0n) is 10.9. The minimum absolute atomic E-state index is 0.143. The molecule has 0 aliphatic rings. The third kappa shape index (κ3) is 3.06. The molecule has 0 bridgehead atoms. The van der Waals surface area contributed by atoms with E-state index in [-0.39, 0.29) is 9.37 Å². The lowest BCUT2D eigenvalue weighted by atomic mass is 10.2. The van der Waals surface area contributed by atoms with Gasteiger partial charge in [0.15, 0.2) is 0 Å². The molecule has 0 N–H and O–H groups in total. The third-order valence-electron chi connectivity index (χ3n) is 2.91. The van der Waals surface area contributed by atoms with E-state index in [1.807, 2.05) is 6.07 Å². The zero-order chi connectivity index (χ0) is 15.6. The van der Waals surface area contributed by atoms with Gasteiger partial charge in [-0.3, -0.25) is 4.31 Å². The smallest absolute Gasteiger partial charge is 0.264 e. The highest BCUT2D eigenvalue weighted by molar-refractivity contribution is 9.10. The summed E-state index contributed by atoms with van der Waals surface area (Å²) in [4.78, 5) is -0.143. The van der Waals surface area contributed by atoms with Crippen LogP contribution < -0.4 is 4.31 Å². The first-order valence-corrected chi connectivity index (χ1v) is 8.03. The van der Waals surface area contributed by atoms with Gasteiger partial charge in [0, 0.05) is 7.05 Å². The van der Waals surface area contributed by atoms with E-state index in [0.717, 1.165) is 10.4 Å². The Kier molecular flexibility index (Phi) is 4.30. The molecule has 0 amide bonds. The van der Waals surface area contributed by atoms with Crippen molar-refractivity contribution in [2.24, 2.45) is 0 Å². The van der Waals surface area contributed by atoms with Gasteiger partial charge in [-0.2, -0.15) is 5.26 Å². The topological polar surface area (TPSA) is 61.2 Å². The fourth-order valence-electron chi connectivity index (χ4n) is 1.68. The molecule has 2 aromatic carbocycles. The Morgan fingerprint density at radius 3 is 2.33 bits per heavy atom. The van der Waals surface area contributed by atoms with Crippen molar-refractivity contribution >= 4 is 31.6 Å². The van der Waals surface area contributed by atoms with Gasteiger partial charge in [0.2, 0.25) is 0 Å². The minimum Gasteiger partial charge on any atom is -0.269 e. The Labute approximate surface area is 130 Å². The predicted molar refractivity (Wildman–Crippen MR) is 80.8 cm³/mol. The van der Waals surface area contributed by atoms with Gasteiger partial charge in [0.1, 0.15) is 5.82 Å². The van der Waals surface area contributed by atoms with E-state index in [4.69, 9.17) is 5.26 Å². The van der Waals surface area contributed by atoms with E-state index in [1.54, 1.807) is 0 Å². The lowest BCUT2D eigenvalue weighted by Gasteiger charge is -2.19. The number of anilines is 1. The van der Waals surface area contributed by atoms with E-state index in [0.29, 0.717) is 11.3 Å². The van der Waals surface area contributed by atoms with Crippen molar-refractivity contribution < 1.29 is 12.8 Å². The second-order valence-electron chi connectivity index (χ2n) is 4.21. The normalized spacial score (nSPS) is 11.0. The average Bonchev–Trinajstić information content (AvgIpc) is 2.49. The zero-order valence-corrected chi connectivity index (χ0v) is 13.3. The van der Waals surface area contributed by atoms with Crippen LogP contribution in [0.5, 0.6) is 0 Å². The molecular weight excluding hydrogens is 359 g/mol. The summed E-state index contributed by atoms with van der Waals surface area (Å²) in [5.74, 6) is -0.649. The van der Waals surface area contributed by atoms with E-state index in [1.165, 1.54) is 43.4 Å². The summed E-state index contributed by atoms with van der Waals surface area (Å²) in [5, 5.41) is 8.73. The Bertz CT molecular complexity index is 814. The minimum atomic E-state index is -3.86. The summed E-state index contributed by atoms with van der Waals surface area (Å²) in [7, 11) is -2.49. The first kappa shape index (κ1) is 15.5. The van der Waals surface area contributed by atoms with Crippen molar-refractivity contribution in [3.05, 3.63) is 58.3 Å². The van der Waals surface area contributed by atoms with Crippen molar-refractivity contribution in [3.8, 4) is 6.07 Å². The summed E-state index contributed by atoms with van der Waals surface area (Å²) in [5.41, 5.74) is 0.816. The number of hydrogen-bond donors (Lipinski definition) is 0. The van der Waals surface area contributed by atoms with Crippen LogP contribution in [0.3, 0.4) is 0 Å². The van der Waals surface area contributed by atoms with E-state index in [2.05, 4.69) is 15.9 Å². The monoisotopic (exact) mass is 368 g/mol. The molecule has 0 fully saturated rings. The first-order chi connectivity index (χ1) is 9.86. The molecule has 0 radical (unpaired) electrons. The van der Waals surface area contributed by atoms with Crippen LogP contribution in [0, 0.1) is 17.1 Å². The first-order valence-electron chi connectivity index (χ1n) is 5.80. The van der Waals surface area contributed by atoms with Gasteiger partial charge in [0.25, 0.3) is 10.0 Å². The number of nitriles is 1. The average molecular weight is 369 g/mol. The predicted octanol–water partition coefficient (Wildman–Crippen LogP) is 3.28. The summed E-state index contributed by atoms with van der Waals surface area (Å²) in [6, 6.07) is 11.6. The molecule has 0 aliphatic heterocycles. The van der Waals surface area contributed by atoms with Gasteiger partial charge in [-0.05, 0) is 58.4 Å². The number of sulfonamides is 1. The molecule has 21 heavy (non-hydrogen) atoms. The highest BCUT2D eigenvalue weighted by atomic mass is 79.9. The molecule has 0 unspecified atom stereocenters.